The third kappa shape index (κ3) is 0.962. The molecule has 2 aliphatic carbocycles. The number of aliphatic hydroxyl groups is 2. The minimum atomic E-state index is -1.47. The first-order chi connectivity index (χ1) is 10.1. The molecule has 5 aliphatic rings. The monoisotopic (exact) mass is 310 g/mol. The number of rotatable bonds is 1. The van der Waals surface area contributed by atoms with Crippen LogP contribution in [0.2, 0.25) is 0 Å². The molecule has 0 radical (unpaired) electrons. The van der Waals surface area contributed by atoms with E-state index in [0.717, 1.165) is 0 Å². The maximum absolute atomic E-state index is 12.4. The molecule has 5 rings (SSSR count). The molecule has 8 atom stereocenters. The molecule has 0 aromatic heterocycles. The van der Waals surface area contributed by atoms with Crippen LogP contribution in [0.25, 0.3) is 0 Å². The molecular formula is C15H18O7. The predicted octanol–water partition coefficient (Wildman–Crippen LogP) is -0.867. The molecule has 0 unspecified atom stereocenters. The Morgan fingerprint density at radius 3 is 2.59 bits per heavy atom. The van der Waals surface area contributed by atoms with Crippen molar-refractivity contribution in [2.45, 2.75) is 62.3 Å². The zero-order valence-electron chi connectivity index (χ0n) is 12.5. The number of ether oxygens (including phenoxy) is 3. The first-order valence-corrected chi connectivity index (χ1v) is 7.63. The van der Waals surface area contributed by atoms with E-state index in [-0.39, 0.29) is 6.42 Å². The number of carbonyl (C=O) groups is 2. The second-order valence-electron chi connectivity index (χ2n) is 8.06. The fourth-order valence-electron chi connectivity index (χ4n) is 5.83. The van der Waals surface area contributed by atoms with Crippen molar-refractivity contribution in [2.24, 2.45) is 17.3 Å². The van der Waals surface area contributed by atoms with E-state index in [1.807, 2.05) is 0 Å². The van der Waals surface area contributed by atoms with Crippen LogP contribution in [0.4, 0.5) is 0 Å². The Morgan fingerprint density at radius 1 is 1.27 bits per heavy atom. The van der Waals surface area contributed by atoms with Crippen molar-refractivity contribution in [2.75, 3.05) is 0 Å². The van der Waals surface area contributed by atoms with Gasteiger partial charge in [-0.2, -0.15) is 0 Å². The van der Waals surface area contributed by atoms with Crippen molar-refractivity contribution in [3.63, 3.8) is 0 Å². The van der Waals surface area contributed by atoms with Gasteiger partial charge in [0.25, 0.3) is 0 Å². The SMILES string of the molecule is CC(C)(O)[C@@H]1[C@H]2OC(=O)[C@H]1[C@]1(O)C[C@@H]3O[C@]34C(=O)O[C@@H]2[C@]14C. The summed E-state index contributed by atoms with van der Waals surface area (Å²) >= 11 is 0. The van der Waals surface area contributed by atoms with Crippen LogP contribution in [-0.4, -0.2) is 57.3 Å². The highest BCUT2D eigenvalue weighted by Gasteiger charge is 2.95. The molecule has 5 fully saturated rings. The standard InChI is InChI=1S/C15H18O7/c1-12(2,18)6-7-10(16)20-8(6)9-13(3)14(7,19)4-5-15(13,22-5)11(17)21-9/h5-9,18-19H,4H2,1-3H3/t5-,6-,7-,8+,9-,13+,14+,15-/m0/s1. The van der Waals surface area contributed by atoms with E-state index in [9.17, 15) is 19.8 Å². The van der Waals surface area contributed by atoms with Gasteiger partial charge in [0.05, 0.1) is 22.5 Å². The normalized spacial score (nSPS) is 60.7. The van der Waals surface area contributed by atoms with E-state index in [0.29, 0.717) is 0 Å². The molecule has 7 nitrogen and oxygen atoms in total. The molecule has 0 aromatic rings. The predicted molar refractivity (Wildman–Crippen MR) is 68.3 cm³/mol. The maximum Gasteiger partial charge on any atom is 0.342 e. The van der Waals surface area contributed by atoms with E-state index in [2.05, 4.69) is 0 Å². The van der Waals surface area contributed by atoms with Gasteiger partial charge in [-0.05, 0) is 20.8 Å². The van der Waals surface area contributed by atoms with Crippen LogP contribution in [0.3, 0.4) is 0 Å². The second kappa shape index (κ2) is 3.07. The molecule has 3 heterocycles. The van der Waals surface area contributed by atoms with Gasteiger partial charge in [-0.25, -0.2) is 4.79 Å². The van der Waals surface area contributed by atoms with Gasteiger partial charge >= 0.3 is 11.9 Å². The number of hydrogen-bond acceptors (Lipinski definition) is 7. The molecule has 22 heavy (non-hydrogen) atoms. The van der Waals surface area contributed by atoms with Crippen molar-refractivity contribution in [1.29, 1.82) is 0 Å². The fourth-order valence-corrected chi connectivity index (χ4v) is 5.83. The third-order valence-corrected chi connectivity index (χ3v) is 6.85. The van der Waals surface area contributed by atoms with E-state index < -0.39 is 64.3 Å². The molecule has 7 heteroatoms. The number of esters is 2. The van der Waals surface area contributed by atoms with Crippen LogP contribution < -0.4 is 0 Å². The molecule has 2 saturated carbocycles. The van der Waals surface area contributed by atoms with Gasteiger partial charge in [0, 0.05) is 12.3 Å². The van der Waals surface area contributed by atoms with E-state index in [1.165, 1.54) is 0 Å². The van der Waals surface area contributed by atoms with Crippen molar-refractivity contribution < 1.29 is 34.0 Å². The van der Waals surface area contributed by atoms with Gasteiger partial charge in [0.1, 0.15) is 12.2 Å². The van der Waals surface area contributed by atoms with E-state index >= 15 is 0 Å². The van der Waals surface area contributed by atoms with Crippen molar-refractivity contribution in [3.05, 3.63) is 0 Å². The van der Waals surface area contributed by atoms with Crippen LogP contribution in [0.5, 0.6) is 0 Å². The summed E-state index contributed by atoms with van der Waals surface area (Å²) in [5, 5.41) is 21.9. The molecular weight excluding hydrogens is 292 g/mol. The summed E-state index contributed by atoms with van der Waals surface area (Å²) < 4.78 is 16.5. The molecule has 0 amide bonds. The first kappa shape index (κ1) is 13.3. The second-order valence-corrected chi connectivity index (χ2v) is 8.06. The third-order valence-electron chi connectivity index (χ3n) is 6.85. The zero-order valence-corrected chi connectivity index (χ0v) is 12.5. The molecule has 2 N–H and O–H groups in total. The van der Waals surface area contributed by atoms with Gasteiger partial charge in [-0.15, -0.1) is 0 Å². The highest BCUT2D eigenvalue weighted by Crippen LogP contribution is 2.77. The Hall–Kier alpha value is -1.18. The molecule has 3 aliphatic heterocycles. The van der Waals surface area contributed by atoms with Crippen molar-refractivity contribution in [3.8, 4) is 0 Å². The summed E-state index contributed by atoms with van der Waals surface area (Å²) in [6.45, 7) is 4.92. The number of fused-ring (bicyclic) bond motifs is 4. The van der Waals surface area contributed by atoms with Gasteiger partial charge in [0.15, 0.2) is 6.10 Å². The summed E-state index contributed by atoms with van der Waals surface area (Å²) in [5.41, 5.74) is -4.89. The number of hydrogen-bond donors (Lipinski definition) is 2. The Bertz CT molecular complexity index is 638. The maximum atomic E-state index is 12.4. The fraction of sp³-hybridized carbons (Fsp3) is 0.867. The largest absolute Gasteiger partial charge is 0.458 e. The zero-order chi connectivity index (χ0) is 15.9. The summed E-state index contributed by atoms with van der Waals surface area (Å²) in [6, 6.07) is 0. The quantitative estimate of drug-likeness (QED) is 0.479. The Labute approximate surface area is 126 Å². The van der Waals surface area contributed by atoms with Gasteiger partial charge in [-0.1, -0.05) is 0 Å². The summed E-state index contributed by atoms with van der Waals surface area (Å²) in [5.74, 6) is -2.51. The summed E-state index contributed by atoms with van der Waals surface area (Å²) in [7, 11) is 0. The molecule has 0 aromatic carbocycles. The summed E-state index contributed by atoms with van der Waals surface area (Å²) in [6.07, 6.45) is -1.78. The highest BCUT2D eigenvalue weighted by atomic mass is 16.7. The minimum absolute atomic E-state index is 0.189. The molecule has 2 bridgehead atoms. The summed E-state index contributed by atoms with van der Waals surface area (Å²) in [4.78, 5) is 24.8. The van der Waals surface area contributed by atoms with Gasteiger partial charge in [-0.3, -0.25) is 4.79 Å². The average Bonchev–Trinajstić information content (AvgIpc) is 2.85. The Balaban J connectivity index is 1.76. The van der Waals surface area contributed by atoms with Gasteiger partial charge in [0.2, 0.25) is 5.60 Å². The lowest BCUT2D eigenvalue weighted by Crippen LogP contribution is -2.68. The molecule has 3 saturated heterocycles. The lowest BCUT2D eigenvalue weighted by atomic mass is 9.52. The van der Waals surface area contributed by atoms with E-state index in [1.54, 1.807) is 20.8 Å². The van der Waals surface area contributed by atoms with Crippen LogP contribution >= 0.6 is 0 Å². The van der Waals surface area contributed by atoms with Crippen LogP contribution in [0, 0.1) is 17.3 Å². The lowest BCUT2D eigenvalue weighted by Gasteiger charge is -2.53. The Morgan fingerprint density at radius 2 is 1.95 bits per heavy atom. The average molecular weight is 310 g/mol. The number of epoxide rings is 1. The van der Waals surface area contributed by atoms with Crippen LogP contribution in [0.15, 0.2) is 0 Å². The number of carbonyl (C=O) groups excluding carboxylic acids is 2. The highest BCUT2D eigenvalue weighted by molar-refractivity contribution is 5.91. The van der Waals surface area contributed by atoms with Gasteiger partial charge < -0.3 is 24.4 Å². The van der Waals surface area contributed by atoms with Crippen LogP contribution in [-0.2, 0) is 23.8 Å². The molecule has 1 spiro atoms. The Kier molecular flexibility index (Phi) is 1.85. The minimum Gasteiger partial charge on any atom is -0.458 e. The van der Waals surface area contributed by atoms with Crippen molar-refractivity contribution >= 4 is 11.9 Å². The van der Waals surface area contributed by atoms with E-state index in [4.69, 9.17) is 14.2 Å². The van der Waals surface area contributed by atoms with Crippen LogP contribution in [0.1, 0.15) is 27.2 Å². The first-order valence-electron chi connectivity index (χ1n) is 7.63. The lowest BCUT2D eigenvalue weighted by molar-refractivity contribution is -0.223. The smallest absolute Gasteiger partial charge is 0.342 e. The topological polar surface area (TPSA) is 106 Å². The molecule has 120 valence electrons. The van der Waals surface area contributed by atoms with Crippen molar-refractivity contribution in [1.82, 2.24) is 0 Å².